The molecular formula is C127H144F6O14. The summed E-state index contributed by atoms with van der Waals surface area (Å²) in [7, 11) is 1.62. The minimum Gasteiger partial charge on any atom is -0.496 e. The summed E-state index contributed by atoms with van der Waals surface area (Å²) in [4.78, 5) is 84.8. The van der Waals surface area contributed by atoms with E-state index in [0.717, 1.165) is 55.8 Å². The van der Waals surface area contributed by atoms with E-state index in [9.17, 15) is 59.9 Å². The van der Waals surface area contributed by atoms with Gasteiger partial charge in [-0.05, 0) is 203 Å². The van der Waals surface area contributed by atoms with Crippen LogP contribution in [-0.2, 0) is 39.6 Å². The number of ether oxygens (including phenoxy) is 7. The lowest BCUT2D eigenvalue weighted by molar-refractivity contribution is 0.0852. The maximum absolute atomic E-state index is 14.1. The van der Waals surface area contributed by atoms with Gasteiger partial charge in [0.05, 0.1) is 7.11 Å². The summed E-state index contributed by atoms with van der Waals surface area (Å²) in [6.07, 6.45) is 0. The highest BCUT2D eigenvalue weighted by Crippen LogP contribution is 2.35. The van der Waals surface area contributed by atoms with E-state index in [1.54, 1.807) is 43.5 Å². The van der Waals surface area contributed by atoms with Crippen LogP contribution in [0.2, 0.25) is 0 Å². The van der Waals surface area contributed by atoms with Crippen molar-refractivity contribution in [3.63, 3.8) is 0 Å². The fourth-order valence-corrected chi connectivity index (χ4v) is 13.9. The normalized spacial score (nSPS) is 11.3. The van der Waals surface area contributed by atoms with Crippen molar-refractivity contribution in [2.75, 3.05) is 7.11 Å². The van der Waals surface area contributed by atoms with Crippen molar-refractivity contribution in [1.29, 1.82) is 0 Å². The summed E-state index contributed by atoms with van der Waals surface area (Å²) in [5.74, 6) is -1.73. The van der Waals surface area contributed by atoms with Gasteiger partial charge in [-0.25, -0.2) is 26.3 Å². The molecule has 13 aromatic rings. The lowest BCUT2D eigenvalue weighted by Crippen LogP contribution is -2.20. The van der Waals surface area contributed by atoms with Crippen LogP contribution in [0.3, 0.4) is 0 Å². The molecule has 0 saturated carbocycles. The van der Waals surface area contributed by atoms with Crippen molar-refractivity contribution in [1.82, 2.24) is 0 Å². The Kier molecular flexibility index (Phi) is 43.3. The monoisotopic (exact) mass is 2010 g/mol. The zero-order valence-electron chi connectivity index (χ0n) is 90.7. The fraction of sp³-hybridized carbons (Fsp3) is 0.331. The number of aryl methyl sites for hydroxylation is 7. The molecular weight excluding hydrogens is 1860 g/mol. The second-order valence-corrected chi connectivity index (χ2v) is 43.8. The number of rotatable bonds is 26. The molecule has 0 bridgehead atoms. The molecule has 0 aliphatic heterocycles. The van der Waals surface area contributed by atoms with Gasteiger partial charge in [0.15, 0.2) is 110 Å². The third-order valence-electron chi connectivity index (χ3n) is 22.6. The number of Topliss-reactive ketones (excluding diaryl/α,β-unsaturated/α-hetero) is 7. The molecule has 13 rings (SSSR count). The number of carbonyl (C=O) groups excluding carboxylic acids is 7. The standard InChI is InChI=1S/6C19H21FO2.C13H18O2/c4*1-13-5-7-14(8-6-13)12-22-17-10-9-15(11-16(17)20)18(21)19(2,3)4;2*1-13-6-5-7-14(10-13)12-22-17-9-8-15(11-16(17)20)18(21)19(2,3)4;1-9-6-7-10(8-11(9)15-5)12(14)13(2,3)4/h6*5-11H,12H2,1-4H3;6-8H,1-5H3. The van der Waals surface area contributed by atoms with Gasteiger partial charge in [-0.15, -0.1) is 0 Å². The van der Waals surface area contributed by atoms with E-state index >= 15 is 0 Å². The van der Waals surface area contributed by atoms with E-state index in [1.165, 1.54) is 95.1 Å². The quantitative estimate of drug-likeness (QED) is 0.0368. The molecule has 0 aromatic heterocycles. The van der Waals surface area contributed by atoms with Crippen LogP contribution in [0.4, 0.5) is 26.3 Å². The second-order valence-electron chi connectivity index (χ2n) is 43.8. The van der Waals surface area contributed by atoms with E-state index in [4.69, 9.17) is 33.2 Å². The predicted molar refractivity (Wildman–Crippen MR) is 576 cm³/mol. The highest BCUT2D eigenvalue weighted by molar-refractivity contribution is 6.03. The van der Waals surface area contributed by atoms with Crippen LogP contribution in [0.1, 0.15) is 290 Å². The first kappa shape index (κ1) is 120. The minimum atomic E-state index is -0.531. The van der Waals surface area contributed by atoms with Crippen molar-refractivity contribution in [3.05, 3.63) is 419 Å². The SMILES string of the molecule is COc1cc(C(=O)C(C)(C)C)ccc1C.Cc1ccc(COc2ccc(C(=O)C(C)(C)C)cc2F)cc1.Cc1ccc(COc2ccc(C(=O)C(C)(C)C)cc2F)cc1.Cc1ccc(COc2ccc(C(=O)C(C)(C)C)cc2F)cc1.Cc1ccc(COc2ccc(C(=O)C(C)(C)C)cc2F)cc1.Cc1cccc(COc2ccc(C(=O)C(C)(C)C)cc2F)c1.Cc1cccc(COc2ccc(C(=O)C(C)(C)C)cc2F)c1. The number of ketones is 7. The first-order valence-corrected chi connectivity index (χ1v) is 48.8. The van der Waals surface area contributed by atoms with Crippen LogP contribution in [0.15, 0.2) is 273 Å². The average Bonchev–Trinajstić information content (AvgIpc) is 0.859. The van der Waals surface area contributed by atoms with Gasteiger partial charge in [0.2, 0.25) is 0 Å². The number of hydrogen-bond donors (Lipinski definition) is 0. The van der Waals surface area contributed by atoms with Crippen LogP contribution in [0.25, 0.3) is 0 Å². The molecule has 0 fully saturated rings. The molecule has 0 N–H and O–H groups in total. The van der Waals surface area contributed by atoms with E-state index in [0.29, 0.717) is 78.6 Å². The highest BCUT2D eigenvalue weighted by atomic mass is 19.1. The van der Waals surface area contributed by atoms with Gasteiger partial charge in [-0.3, -0.25) is 33.6 Å². The molecule has 0 unspecified atom stereocenters. The van der Waals surface area contributed by atoms with Crippen molar-refractivity contribution < 1.29 is 93.1 Å². The molecule has 0 amide bonds. The van der Waals surface area contributed by atoms with Crippen molar-refractivity contribution in [3.8, 4) is 40.2 Å². The minimum absolute atomic E-state index is 0.0864. The molecule has 147 heavy (non-hydrogen) atoms. The molecule has 0 aliphatic carbocycles. The highest BCUT2D eigenvalue weighted by Gasteiger charge is 2.31. The Bertz CT molecular complexity index is 6040. The maximum atomic E-state index is 14.1. The number of carbonyl (C=O) groups is 7. The summed E-state index contributed by atoms with van der Waals surface area (Å²) in [6.45, 7) is 54.2. The van der Waals surface area contributed by atoms with Gasteiger partial charge in [-0.1, -0.05) is 337 Å². The molecule has 0 aliphatic rings. The molecule has 0 radical (unpaired) electrons. The third kappa shape index (κ3) is 38.9. The van der Waals surface area contributed by atoms with Gasteiger partial charge in [0.1, 0.15) is 45.4 Å². The van der Waals surface area contributed by atoms with Gasteiger partial charge in [0, 0.05) is 76.8 Å². The lowest BCUT2D eigenvalue weighted by Gasteiger charge is -2.17. The van der Waals surface area contributed by atoms with Crippen molar-refractivity contribution in [2.24, 2.45) is 37.9 Å². The maximum Gasteiger partial charge on any atom is 0.168 e. The molecule has 778 valence electrons. The fourth-order valence-electron chi connectivity index (χ4n) is 13.9. The molecule has 20 heteroatoms. The van der Waals surface area contributed by atoms with E-state index < -0.39 is 67.4 Å². The predicted octanol–water partition coefficient (Wildman–Crippen LogP) is 32.9. The largest absolute Gasteiger partial charge is 0.496 e. The van der Waals surface area contributed by atoms with Crippen molar-refractivity contribution >= 4 is 40.5 Å². The van der Waals surface area contributed by atoms with E-state index in [2.05, 4.69) is 0 Å². The number of benzene rings is 13. The zero-order chi connectivity index (χ0) is 110. The smallest absolute Gasteiger partial charge is 0.168 e. The molecule has 13 aromatic carbocycles. The Morgan fingerprint density at radius 1 is 0.190 bits per heavy atom. The average molecular weight is 2010 g/mol. The van der Waals surface area contributed by atoms with Crippen LogP contribution in [0.5, 0.6) is 40.2 Å². The van der Waals surface area contributed by atoms with Crippen LogP contribution in [-0.4, -0.2) is 47.6 Å². The zero-order valence-corrected chi connectivity index (χ0v) is 90.7. The van der Waals surface area contributed by atoms with Crippen molar-refractivity contribution in [2.45, 2.75) is 234 Å². The molecule has 0 atom stereocenters. The summed E-state index contributed by atoms with van der Waals surface area (Å²) in [6, 6.07) is 79.1. The van der Waals surface area contributed by atoms with Crippen LogP contribution in [0, 0.1) is 121 Å². The first-order valence-electron chi connectivity index (χ1n) is 48.8. The first-order chi connectivity index (χ1) is 68.5. The van der Waals surface area contributed by atoms with Crippen LogP contribution >= 0.6 is 0 Å². The summed E-state index contributed by atoms with van der Waals surface area (Å²) in [5.41, 5.74) is 13.2. The summed E-state index contributed by atoms with van der Waals surface area (Å²) in [5, 5.41) is 0. The Morgan fingerprint density at radius 2 is 0.361 bits per heavy atom. The Balaban J connectivity index is 0.000000233. The van der Waals surface area contributed by atoms with Crippen LogP contribution < -0.4 is 33.2 Å². The van der Waals surface area contributed by atoms with Gasteiger partial charge in [-0.2, -0.15) is 0 Å². The molecule has 14 nitrogen and oxygen atoms in total. The van der Waals surface area contributed by atoms with Gasteiger partial charge < -0.3 is 33.2 Å². The molecule has 0 saturated heterocycles. The Labute approximate surface area is 866 Å². The second kappa shape index (κ2) is 53.2. The summed E-state index contributed by atoms with van der Waals surface area (Å²) >= 11 is 0. The Hall–Kier alpha value is -14.3. The molecule has 0 spiro atoms. The third-order valence-corrected chi connectivity index (χ3v) is 22.6. The number of hydrogen-bond acceptors (Lipinski definition) is 14. The van der Waals surface area contributed by atoms with Gasteiger partial charge in [0.25, 0.3) is 0 Å². The van der Waals surface area contributed by atoms with E-state index in [1.807, 2.05) is 358 Å². The number of methoxy groups -OCH3 is 1. The number of halogens is 6. The van der Waals surface area contributed by atoms with Gasteiger partial charge >= 0.3 is 0 Å². The Morgan fingerprint density at radius 3 is 0.524 bits per heavy atom. The topological polar surface area (TPSA) is 184 Å². The summed E-state index contributed by atoms with van der Waals surface area (Å²) < 4.78 is 123. The lowest BCUT2D eigenvalue weighted by atomic mass is 9.86. The molecule has 0 heterocycles. The van der Waals surface area contributed by atoms with E-state index in [-0.39, 0.29) is 80.4 Å².